The molecule has 0 unspecified atom stereocenters. The summed E-state index contributed by atoms with van der Waals surface area (Å²) in [6.07, 6.45) is 3.36. The Hall–Kier alpha value is -3.73. The summed E-state index contributed by atoms with van der Waals surface area (Å²) in [6.45, 7) is 12.3. The first-order valence-corrected chi connectivity index (χ1v) is 9.80. The first-order chi connectivity index (χ1) is 14.5. The minimum atomic E-state index is -0.739. The highest BCUT2D eigenvalue weighted by atomic mass is 16.5. The van der Waals surface area contributed by atoms with Gasteiger partial charge in [0, 0.05) is 26.0 Å². The van der Waals surface area contributed by atoms with Crippen molar-refractivity contribution in [3.05, 3.63) is 65.3 Å². The van der Waals surface area contributed by atoms with Gasteiger partial charge in [0.2, 0.25) is 0 Å². The van der Waals surface area contributed by atoms with Crippen molar-refractivity contribution < 1.29 is 9.53 Å². The van der Waals surface area contributed by atoms with Crippen molar-refractivity contribution in [2.24, 2.45) is 0 Å². The number of carbonyl (C=O) groups is 1. The number of ether oxygens (including phenoxy) is 1. The number of aryl methyl sites for hydroxylation is 1. The van der Waals surface area contributed by atoms with Crippen LogP contribution in [0.2, 0.25) is 0 Å². The third-order valence-corrected chi connectivity index (χ3v) is 5.10. The van der Waals surface area contributed by atoms with Crippen molar-refractivity contribution in [2.45, 2.75) is 38.8 Å². The molecule has 0 saturated carbocycles. The van der Waals surface area contributed by atoms with Crippen molar-refractivity contribution in [1.82, 2.24) is 19.7 Å². The molecule has 2 aromatic heterocycles. The lowest BCUT2D eigenvalue weighted by Gasteiger charge is -2.17. The summed E-state index contributed by atoms with van der Waals surface area (Å²) in [5.41, 5.74) is 1.04. The minimum Gasteiger partial charge on any atom is -0.493 e. The second kappa shape index (κ2) is 7.95. The number of anilines is 1. The summed E-state index contributed by atoms with van der Waals surface area (Å²) in [4.78, 5) is 21.3. The molecule has 8 nitrogen and oxygen atoms in total. The van der Waals surface area contributed by atoms with E-state index in [2.05, 4.69) is 25.3 Å². The highest BCUT2D eigenvalue weighted by molar-refractivity contribution is 6.06. The molecule has 4 rings (SSSR count). The van der Waals surface area contributed by atoms with E-state index in [1.807, 2.05) is 36.6 Å². The number of rotatable bonds is 1. The van der Waals surface area contributed by atoms with Crippen LogP contribution in [0.5, 0.6) is 5.75 Å². The first kappa shape index (κ1) is 19.6. The molecule has 0 saturated heterocycles. The molecule has 152 valence electrons. The predicted octanol–water partition coefficient (Wildman–Crippen LogP) is 3.92. The molecular formula is C22H22N6O2. The zero-order valence-corrected chi connectivity index (χ0v) is 16.9. The Morgan fingerprint density at radius 2 is 2.10 bits per heavy atom. The summed E-state index contributed by atoms with van der Waals surface area (Å²) in [7, 11) is 0. The smallest absolute Gasteiger partial charge is 0.260 e. The Labute approximate surface area is 174 Å². The SMILES string of the molecule is [C-]#[N+]C(C)(C)c1ccc2c(c1)C(=O)Nc1cccc(n1)-c1nncn1CCCCO2. The number of nitrogens with one attached hydrogen (secondary N) is 1. The number of amides is 1. The Bertz CT molecular complexity index is 1130. The van der Waals surface area contributed by atoms with Gasteiger partial charge in [-0.25, -0.2) is 11.6 Å². The summed E-state index contributed by atoms with van der Waals surface area (Å²) >= 11 is 0. The van der Waals surface area contributed by atoms with Crippen LogP contribution < -0.4 is 10.1 Å². The van der Waals surface area contributed by atoms with Gasteiger partial charge in [-0.2, -0.15) is 0 Å². The fourth-order valence-electron chi connectivity index (χ4n) is 3.27. The molecule has 1 aliphatic rings. The lowest BCUT2D eigenvalue weighted by Crippen LogP contribution is -2.18. The maximum absolute atomic E-state index is 13.1. The normalized spacial score (nSPS) is 14.4. The number of carbonyl (C=O) groups excluding carboxylic acids is 1. The number of aromatic nitrogens is 4. The van der Waals surface area contributed by atoms with Crippen LogP contribution in [0.1, 0.15) is 42.6 Å². The van der Waals surface area contributed by atoms with Crippen LogP contribution >= 0.6 is 0 Å². The van der Waals surface area contributed by atoms with Crippen LogP contribution in [0.15, 0.2) is 42.7 Å². The molecule has 1 aliphatic heterocycles. The molecule has 1 amide bonds. The fraction of sp³-hybridized carbons (Fsp3) is 0.318. The van der Waals surface area contributed by atoms with E-state index in [-0.39, 0.29) is 5.91 Å². The second-order valence-electron chi connectivity index (χ2n) is 7.65. The lowest BCUT2D eigenvalue weighted by atomic mass is 9.93. The number of pyridine rings is 1. The predicted molar refractivity (Wildman–Crippen MR) is 112 cm³/mol. The second-order valence-corrected chi connectivity index (χ2v) is 7.65. The molecule has 0 spiro atoms. The summed E-state index contributed by atoms with van der Waals surface area (Å²) in [6, 6.07) is 10.7. The Balaban J connectivity index is 1.75. The van der Waals surface area contributed by atoms with Crippen LogP contribution in [-0.2, 0) is 12.1 Å². The zero-order valence-electron chi connectivity index (χ0n) is 16.9. The van der Waals surface area contributed by atoms with E-state index < -0.39 is 5.54 Å². The number of nitrogens with zero attached hydrogens (tertiary/aromatic N) is 5. The monoisotopic (exact) mass is 402 g/mol. The lowest BCUT2D eigenvalue weighted by molar-refractivity contribution is 0.102. The molecule has 0 aliphatic carbocycles. The summed E-state index contributed by atoms with van der Waals surface area (Å²) in [5.74, 6) is 1.22. The van der Waals surface area contributed by atoms with E-state index in [0.29, 0.717) is 35.3 Å². The van der Waals surface area contributed by atoms with E-state index >= 15 is 0 Å². The van der Waals surface area contributed by atoms with Crippen LogP contribution in [0.3, 0.4) is 0 Å². The minimum absolute atomic E-state index is 0.337. The molecular weight excluding hydrogens is 380 g/mol. The topological polar surface area (TPSA) is 86.3 Å². The van der Waals surface area contributed by atoms with Crippen molar-refractivity contribution in [3.8, 4) is 17.3 Å². The van der Waals surface area contributed by atoms with Gasteiger partial charge in [-0.05, 0) is 43.2 Å². The quantitative estimate of drug-likeness (QED) is 0.624. The van der Waals surface area contributed by atoms with E-state index in [1.54, 1.807) is 24.5 Å². The van der Waals surface area contributed by atoms with Gasteiger partial charge in [-0.1, -0.05) is 6.07 Å². The van der Waals surface area contributed by atoms with E-state index in [0.717, 1.165) is 24.9 Å². The Morgan fingerprint density at radius 3 is 2.93 bits per heavy atom. The van der Waals surface area contributed by atoms with Crippen LogP contribution in [0.25, 0.3) is 16.4 Å². The number of hydrogen-bond donors (Lipinski definition) is 1. The van der Waals surface area contributed by atoms with Gasteiger partial charge in [0.15, 0.2) is 5.82 Å². The number of hydrogen-bond acceptors (Lipinski definition) is 5. The van der Waals surface area contributed by atoms with Crippen LogP contribution in [0.4, 0.5) is 5.82 Å². The number of benzene rings is 1. The van der Waals surface area contributed by atoms with Gasteiger partial charge in [0.05, 0.1) is 12.2 Å². The third-order valence-electron chi connectivity index (χ3n) is 5.10. The Morgan fingerprint density at radius 1 is 1.23 bits per heavy atom. The molecule has 0 fully saturated rings. The maximum Gasteiger partial charge on any atom is 0.260 e. The Kier molecular flexibility index (Phi) is 5.19. The highest BCUT2D eigenvalue weighted by Gasteiger charge is 2.28. The van der Waals surface area contributed by atoms with Crippen molar-refractivity contribution >= 4 is 11.7 Å². The van der Waals surface area contributed by atoms with Crippen LogP contribution in [-0.4, -0.2) is 32.3 Å². The molecule has 3 aromatic rings. The van der Waals surface area contributed by atoms with Gasteiger partial charge in [-0.15, -0.1) is 10.2 Å². The van der Waals surface area contributed by atoms with Gasteiger partial charge < -0.3 is 19.5 Å². The van der Waals surface area contributed by atoms with Crippen LogP contribution in [0, 0.1) is 6.57 Å². The third kappa shape index (κ3) is 3.87. The molecule has 2 bridgehead atoms. The van der Waals surface area contributed by atoms with Gasteiger partial charge in [0.1, 0.15) is 23.6 Å². The van der Waals surface area contributed by atoms with E-state index in [4.69, 9.17) is 11.3 Å². The van der Waals surface area contributed by atoms with Crippen molar-refractivity contribution in [1.29, 1.82) is 0 Å². The van der Waals surface area contributed by atoms with Gasteiger partial charge >= 0.3 is 0 Å². The summed E-state index contributed by atoms with van der Waals surface area (Å²) < 4.78 is 7.88. The molecule has 1 aromatic carbocycles. The standard InChI is InChI=1S/C22H22N6O2/c1-22(2,23-3)15-9-10-18-16(13-15)21(29)26-19-8-6-7-17(25-19)20-27-24-14-28(20)11-4-5-12-30-18/h6-10,13-14H,4-5,11-12H2,1-2H3,(H,25,26,29). The molecule has 0 atom stereocenters. The average molecular weight is 402 g/mol. The molecule has 0 radical (unpaired) electrons. The molecule has 8 heteroatoms. The highest BCUT2D eigenvalue weighted by Crippen LogP contribution is 2.30. The maximum atomic E-state index is 13.1. The van der Waals surface area contributed by atoms with Crippen molar-refractivity contribution in [3.63, 3.8) is 0 Å². The van der Waals surface area contributed by atoms with Crippen molar-refractivity contribution in [2.75, 3.05) is 11.9 Å². The average Bonchev–Trinajstić information content (AvgIpc) is 3.21. The van der Waals surface area contributed by atoms with Gasteiger partial charge in [0.25, 0.3) is 11.4 Å². The zero-order chi connectivity index (χ0) is 21.1. The van der Waals surface area contributed by atoms with E-state index in [1.165, 1.54) is 0 Å². The fourth-order valence-corrected chi connectivity index (χ4v) is 3.27. The van der Waals surface area contributed by atoms with E-state index in [9.17, 15) is 4.79 Å². The van der Waals surface area contributed by atoms with Gasteiger partial charge in [-0.3, -0.25) is 4.79 Å². The largest absolute Gasteiger partial charge is 0.493 e. The molecule has 1 N–H and O–H groups in total. The molecule has 3 heterocycles. The summed E-state index contributed by atoms with van der Waals surface area (Å²) in [5, 5.41) is 11.0. The molecule has 30 heavy (non-hydrogen) atoms. The number of fused-ring (bicyclic) bond motifs is 5. The first-order valence-electron chi connectivity index (χ1n) is 9.80.